The summed E-state index contributed by atoms with van der Waals surface area (Å²) in [6, 6.07) is 14.9. The van der Waals surface area contributed by atoms with Gasteiger partial charge in [-0.15, -0.1) is 0 Å². The number of hydrogen-bond donors (Lipinski definition) is 2. The zero-order valence-electron chi connectivity index (χ0n) is 12.2. The first-order valence-corrected chi connectivity index (χ1v) is 7.06. The van der Waals surface area contributed by atoms with Crippen molar-refractivity contribution in [2.24, 2.45) is 0 Å². The molecule has 0 saturated carbocycles. The molecular formula is C19H20N2O2. The number of rotatable bonds is 3. The number of carbonyl (C=O) groups excluding carboxylic acids is 1. The molecule has 1 aromatic heterocycles. The van der Waals surface area contributed by atoms with E-state index >= 15 is 0 Å². The number of pyridine rings is 1. The van der Waals surface area contributed by atoms with Crippen LogP contribution in [0, 0.1) is 6.92 Å². The van der Waals surface area contributed by atoms with Crippen LogP contribution in [0.2, 0.25) is 0 Å². The minimum Gasteiger partial charge on any atom is -0.505 e. The van der Waals surface area contributed by atoms with E-state index in [1.54, 1.807) is 24.4 Å². The SMILES string of the molecule is C.Cc1ccccc1CNC(=O)c1ccc2cccnc2c1O. The summed E-state index contributed by atoms with van der Waals surface area (Å²) in [5, 5.41) is 13.9. The van der Waals surface area contributed by atoms with Crippen LogP contribution in [0.5, 0.6) is 5.75 Å². The van der Waals surface area contributed by atoms with Crippen molar-refractivity contribution in [3.05, 3.63) is 71.4 Å². The second-order valence-corrected chi connectivity index (χ2v) is 5.15. The number of carbonyl (C=O) groups is 1. The van der Waals surface area contributed by atoms with E-state index in [2.05, 4.69) is 10.3 Å². The molecule has 2 N–H and O–H groups in total. The average molecular weight is 308 g/mol. The first-order valence-electron chi connectivity index (χ1n) is 7.06. The monoisotopic (exact) mass is 308 g/mol. The lowest BCUT2D eigenvalue weighted by Crippen LogP contribution is -2.23. The molecule has 4 heteroatoms. The van der Waals surface area contributed by atoms with Crippen molar-refractivity contribution >= 4 is 16.8 Å². The number of phenols is 1. The zero-order chi connectivity index (χ0) is 15.5. The van der Waals surface area contributed by atoms with E-state index in [0.29, 0.717) is 12.1 Å². The molecule has 4 nitrogen and oxygen atoms in total. The van der Waals surface area contributed by atoms with Gasteiger partial charge in [0.15, 0.2) is 5.75 Å². The van der Waals surface area contributed by atoms with Crippen molar-refractivity contribution in [2.75, 3.05) is 0 Å². The maximum atomic E-state index is 12.3. The van der Waals surface area contributed by atoms with Gasteiger partial charge in [-0.3, -0.25) is 9.78 Å². The first-order chi connectivity index (χ1) is 10.7. The zero-order valence-corrected chi connectivity index (χ0v) is 12.2. The summed E-state index contributed by atoms with van der Waals surface area (Å²) in [4.78, 5) is 16.4. The summed E-state index contributed by atoms with van der Waals surface area (Å²) >= 11 is 0. The van der Waals surface area contributed by atoms with Gasteiger partial charge in [-0.1, -0.05) is 43.8 Å². The van der Waals surface area contributed by atoms with Crippen molar-refractivity contribution in [3.63, 3.8) is 0 Å². The fraction of sp³-hybridized carbons (Fsp3) is 0.158. The number of aromatic nitrogens is 1. The number of fused-ring (bicyclic) bond motifs is 1. The molecule has 0 saturated heterocycles. The van der Waals surface area contributed by atoms with Crippen LogP contribution < -0.4 is 5.32 Å². The highest BCUT2D eigenvalue weighted by Crippen LogP contribution is 2.26. The quantitative estimate of drug-likeness (QED) is 0.773. The van der Waals surface area contributed by atoms with Crippen molar-refractivity contribution in [1.29, 1.82) is 0 Å². The van der Waals surface area contributed by atoms with Gasteiger partial charge in [0.05, 0.1) is 5.56 Å². The second-order valence-electron chi connectivity index (χ2n) is 5.15. The molecular weight excluding hydrogens is 288 g/mol. The third-order valence-electron chi connectivity index (χ3n) is 3.69. The number of aromatic hydroxyl groups is 1. The number of nitrogens with zero attached hydrogens (tertiary/aromatic N) is 1. The van der Waals surface area contributed by atoms with Crippen LogP contribution in [0.1, 0.15) is 28.9 Å². The lowest BCUT2D eigenvalue weighted by atomic mass is 10.1. The predicted molar refractivity (Wildman–Crippen MR) is 92.5 cm³/mol. The number of amides is 1. The van der Waals surface area contributed by atoms with Crippen molar-refractivity contribution < 1.29 is 9.90 Å². The topological polar surface area (TPSA) is 62.2 Å². The fourth-order valence-electron chi connectivity index (χ4n) is 2.39. The smallest absolute Gasteiger partial charge is 0.255 e. The second kappa shape index (κ2) is 6.92. The van der Waals surface area contributed by atoms with E-state index in [0.717, 1.165) is 16.5 Å². The molecule has 0 unspecified atom stereocenters. The van der Waals surface area contributed by atoms with Crippen LogP contribution in [0.15, 0.2) is 54.7 Å². The Balaban J connectivity index is 0.00000192. The molecule has 0 fully saturated rings. The number of hydrogen-bond acceptors (Lipinski definition) is 3. The molecule has 0 aliphatic rings. The summed E-state index contributed by atoms with van der Waals surface area (Å²) in [7, 11) is 0. The first kappa shape index (κ1) is 16.5. The largest absolute Gasteiger partial charge is 0.505 e. The van der Waals surface area contributed by atoms with Gasteiger partial charge in [-0.25, -0.2) is 0 Å². The predicted octanol–water partition coefficient (Wildman–Crippen LogP) is 3.81. The Hall–Kier alpha value is -2.88. The van der Waals surface area contributed by atoms with E-state index in [9.17, 15) is 9.90 Å². The molecule has 0 spiro atoms. The Kier molecular flexibility index (Phi) is 4.96. The Morgan fingerprint density at radius 2 is 1.91 bits per heavy atom. The third-order valence-corrected chi connectivity index (χ3v) is 3.69. The lowest BCUT2D eigenvalue weighted by molar-refractivity contribution is 0.0948. The molecule has 3 rings (SSSR count). The maximum absolute atomic E-state index is 12.3. The Morgan fingerprint density at radius 3 is 2.70 bits per heavy atom. The van der Waals surface area contributed by atoms with E-state index in [1.165, 1.54) is 0 Å². The van der Waals surface area contributed by atoms with Gasteiger partial charge in [0.25, 0.3) is 5.91 Å². The van der Waals surface area contributed by atoms with Gasteiger partial charge in [0.2, 0.25) is 0 Å². The van der Waals surface area contributed by atoms with Crippen LogP contribution in [0.25, 0.3) is 10.9 Å². The van der Waals surface area contributed by atoms with E-state index < -0.39 is 0 Å². The number of phenolic OH excluding ortho intramolecular Hbond substituents is 1. The molecule has 2 aromatic carbocycles. The summed E-state index contributed by atoms with van der Waals surface area (Å²) < 4.78 is 0. The fourth-order valence-corrected chi connectivity index (χ4v) is 2.39. The standard InChI is InChI=1S/C18H16N2O2.CH4/c1-12-5-2-3-6-14(12)11-20-18(22)15-9-8-13-7-4-10-19-16(13)17(15)21;/h2-10,21H,11H2,1H3,(H,20,22);1H4. The summed E-state index contributed by atoms with van der Waals surface area (Å²) in [6.45, 7) is 2.42. The molecule has 0 radical (unpaired) electrons. The van der Waals surface area contributed by atoms with Crippen molar-refractivity contribution in [2.45, 2.75) is 20.9 Å². The van der Waals surface area contributed by atoms with Crippen LogP contribution >= 0.6 is 0 Å². The molecule has 118 valence electrons. The van der Waals surface area contributed by atoms with Crippen LogP contribution in [0.4, 0.5) is 0 Å². The molecule has 1 amide bonds. The van der Waals surface area contributed by atoms with Gasteiger partial charge < -0.3 is 10.4 Å². The van der Waals surface area contributed by atoms with Gasteiger partial charge in [0, 0.05) is 18.1 Å². The average Bonchev–Trinajstić information content (AvgIpc) is 2.54. The molecule has 23 heavy (non-hydrogen) atoms. The molecule has 0 aliphatic carbocycles. The normalized spacial score (nSPS) is 10.1. The Bertz CT molecular complexity index is 844. The van der Waals surface area contributed by atoms with Gasteiger partial charge in [-0.05, 0) is 30.2 Å². The summed E-state index contributed by atoms with van der Waals surface area (Å²) in [5.74, 6) is -0.395. The summed E-state index contributed by atoms with van der Waals surface area (Å²) in [5.41, 5.74) is 2.84. The molecule has 0 bridgehead atoms. The highest BCUT2D eigenvalue weighted by molar-refractivity contribution is 6.02. The van der Waals surface area contributed by atoms with Gasteiger partial charge in [-0.2, -0.15) is 0 Å². The summed E-state index contributed by atoms with van der Waals surface area (Å²) in [6.07, 6.45) is 1.59. The van der Waals surface area contributed by atoms with Gasteiger partial charge in [0.1, 0.15) is 5.52 Å². The van der Waals surface area contributed by atoms with Crippen molar-refractivity contribution in [1.82, 2.24) is 10.3 Å². The third kappa shape index (κ3) is 3.31. The number of benzene rings is 2. The molecule has 3 aromatic rings. The minimum atomic E-state index is -0.312. The van der Waals surface area contributed by atoms with E-state index in [4.69, 9.17) is 0 Å². The molecule has 1 heterocycles. The Labute approximate surface area is 135 Å². The molecule has 0 aliphatic heterocycles. The van der Waals surface area contributed by atoms with Gasteiger partial charge >= 0.3 is 0 Å². The molecule has 0 atom stereocenters. The van der Waals surface area contributed by atoms with Crippen LogP contribution in [-0.2, 0) is 6.54 Å². The minimum absolute atomic E-state index is 0. The highest BCUT2D eigenvalue weighted by Gasteiger charge is 2.14. The maximum Gasteiger partial charge on any atom is 0.255 e. The number of nitrogens with one attached hydrogen (secondary N) is 1. The number of aryl methyl sites for hydroxylation is 1. The van der Waals surface area contributed by atoms with Crippen LogP contribution in [0.3, 0.4) is 0 Å². The van der Waals surface area contributed by atoms with Crippen LogP contribution in [-0.4, -0.2) is 16.0 Å². The van der Waals surface area contributed by atoms with E-state index in [1.807, 2.05) is 37.3 Å². The van der Waals surface area contributed by atoms with E-state index in [-0.39, 0.29) is 24.6 Å². The lowest BCUT2D eigenvalue weighted by Gasteiger charge is -2.10. The highest BCUT2D eigenvalue weighted by atomic mass is 16.3. The Morgan fingerprint density at radius 1 is 1.13 bits per heavy atom. The van der Waals surface area contributed by atoms with Crippen molar-refractivity contribution in [3.8, 4) is 5.75 Å².